The van der Waals surface area contributed by atoms with Gasteiger partial charge < -0.3 is 19.4 Å². The fourth-order valence-corrected chi connectivity index (χ4v) is 2.91. The SMILES string of the molecule is CC(=O)c1c[nH]c(C(=O)N2CCC(C3OCCO3)CC2)c1. The van der Waals surface area contributed by atoms with Crippen LogP contribution in [0, 0.1) is 5.92 Å². The number of nitrogens with one attached hydrogen (secondary N) is 1. The minimum Gasteiger partial charge on any atom is -0.356 e. The molecule has 2 aliphatic heterocycles. The summed E-state index contributed by atoms with van der Waals surface area (Å²) in [7, 11) is 0. The number of rotatable bonds is 3. The number of carbonyl (C=O) groups excluding carboxylic acids is 2. The van der Waals surface area contributed by atoms with Gasteiger partial charge in [0.15, 0.2) is 12.1 Å². The zero-order valence-electron chi connectivity index (χ0n) is 12.1. The fourth-order valence-electron chi connectivity index (χ4n) is 2.91. The van der Waals surface area contributed by atoms with Crippen LogP contribution in [0.1, 0.15) is 40.6 Å². The van der Waals surface area contributed by atoms with Gasteiger partial charge in [0.25, 0.3) is 5.91 Å². The first kappa shape index (κ1) is 14.3. The molecule has 3 heterocycles. The first-order valence-corrected chi connectivity index (χ1v) is 7.37. The third kappa shape index (κ3) is 3.01. The van der Waals surface area contributed by atoms with Gasteiger partial charge in [-0.25, -0.2) is 0 Å². The Labute approximate surface area is 123 Å². The standard InChI is InChI=1S/C15H20N2O4/c1-10(18)12-8-13(16-9-12)14(19)17-4-2-11(3-5-17)15-20-6-7-21-15/h8-9,11,15-16H,2-7H2,1H3. The number of hydrogen-bond acceptors (Lipinski definition) is 4. The quantitative estimate of drug-likeness (QED) is 0.856. The van der Waals surface area contributed by atoms with Gasteiger partial charge in [-0.1, -0.05) is 0 Å². The van der Waals surface area contributed by atoms with Gasteiger partial charge in [-0.3, -0.25) is 9.59 Å². The van der Waals surface area contributed by atoms with Crippen LogP contribution in [0.15, 0.2) is 12.3 Å². The van der Waals surface area contributed by atoms with Crippen molar-refractivity contribution >= 4 is 11.7 Å². The molecule has 3 rings (SSSR count). The van der Waals surface area contributed by atoms with Gasteiger partial charge >= 0.3 is 0 Å². The molecule has 2 saturated heterocycles. The Morgan fingerprint density at radius 1 is 1.24 bits per heavy atom. The Morgan fingerprint density at radius 3 is 2.48 bits per heavy atom. The van der Waals surface area contributed by atoms with Crippen molar-refractivity contribution in [2.24, 2.45) is 5.92 Å². The maximum Gasteiger partial charge on any atom is 0.270 e. The molecule has 114 valence electrons. The van der Waals surface area contributed by atoms with E-state index in [4.69, 9.17) is 9.47 Å². The van der Waals surface area contributed by atoms with Gasteiger partial charge in [0.1, 0.15) is 5.69 Å². The van der Waals surface area contributed by atoms with Crippen LogP contribution < -0.4 is 0 Å². The predicted molar refractivity (Wildman–Crippen MR) is 75.1 cm³/mol. The number of piperidine rings is 1. The maximum absolute atomic E-state index is 12.4. The van der Waals surface area contributed by atoms with E-state index in [1.54, 1.807) is 12.3 Å². The molecule has 6 nitrogen and oxygen atoms in total. The van der Waals surface area contributed by atoms with Crippen LogP contribution in [-0.4, -0.2) is 54.2 Å². The number of hydrogen-bond donors (Lipinski definition) is 1. The highest BCUT2D eigenvalue weighted by Crippen LogP contribution is 2.26. The fraction of sp³-hybridized carbons (Fsp3) is 0.600. The lowest BCUT2D eigenvalue weighted by atomic mass is 9.96. The van der Waals surface area contributed by atoms with Gasteiger partial charge in [0.2, 0.25) is 0 Å². The molecule has 0 aliphatic carbocycles. The Kier molecular flexibility index (Phi) is 4.07. The molecular formula is C15H20N2O4. The topological polar surface area (TPSA) is 71.6 Å². The van der Waals surface area contributed by atoms with E-state index in [1.165, 1.54) is 6.92 Å². The van der Waals surface area contributed by atoms with Crippen molar-refractivity contribution in [1.29, 1.82) is 0 Å². The molecule has 0 aromatic carbocycles. The molecule has 0 spiro atoms. The van der Waals surface area contributed by atoms with Gasteiger partial charge in [0.05, 0.1) is 13.2 Å². The van der Waals surface area contributed by atoms with Crippen molar-refractivity contribution in [2.45, 2.75) is 26.1 Å². The molecule has 1 amide bonds. The van der Waals surface area contributed by atoms with Crippen LogP contribution in [0.3, 0.4) is 0 Å². The van der Waals surface area contributed by atoms with Crippen LogP contribution in [0.25, 0.3) is 0 Å². The third-order valence-corrected chi connectivity index (χ3v) is 4.18. The molecule has 21 heavy (non-hydrogen) atoms. The molecule has 0 unspecified atom stereocenters. The largest absolute Gasteiger partial charge is 0.356 e. The number of ketones is 1. The summed E-state index contributed by atoms with van der Waals surface area (Å²) in [5, 5.41) is 0. The van der Waals surface area contributed by atoms with E-state index in [9.17, 15) is 9.59 Å². The van der Waals surface area contributed by atoms with Crippen LogP contribution in [-0.2, 0) is 9.47 Å². The highest BCUT2D eigenvalue weighted by Gasteiger charge is 2.32. The summed E-state index contributed by atoms with van der Waals surface area (Å²) in [6, 6.07) is 1.62. The second-order valence-corrected chi connectivity index (χ2v) is 5.60. The monoisotopic (exact) mass is 292 g/mol. The number of ether oxygens (including phenoxy) is 2. The van der Waals surface area contributed by atoms with Crippen molar-refractivity contribution in [3.8, 4) is 0 Å². The van der Waals surface area contributed by atoms with Crippen LogP contribution >= 0.6 is 0 Å². The summed E-state index contributed by atoms with van der Waals surface area (Å²) in [4.78, 5) is 28.4. The molecule has 1 aromatic heterocycles. The number of aromatic amines is 1. The summed E-state index contributed by atoms with van der Waals surface area (Å²) < 4.78 is 11.1. The third-order valence-electron chi connectivity index (χ3n) is 4.18. The van der Waals surface area contributed by atoms with E-state index in [0.717, 1.165) is 12.8 Å². The van der Waals surface area contributed by atoms with E-state index in [0.29, 0.717) is 43.5 Å². The average molecular weight is 292 g/mol. The van der Waals surface area contributed by atoms with E-state index in [1.807, 2.05) is 4.90 Å². The summed E-state index contributed by atoms with van der Waals surface area (Å²) in [5.41, 5.74) is 1.02. The molecule has 0 saturated carbocycles. The van der Waals surface area contributed by atoms with Gasteiger partial charge in [-0.15, -0.1) is 0 Å². The van der Waals surface area contributed by atoms with E-state index in [-0.39, 0.29) is 18.0 Å². The Morgan fingerprint density at radius 2 is 1.90 bits per heavy atom. The second kappa shape index (κ2) is 5.99. The van der Waals surface area contributed by atoms with Crippen LogP contribution in [0.4, 0.5) is 0 Å². The second-order valence-electron chi connectivity index (χ2n) is 5.60. The highest BCUT2D eigenvalue weighted by molar-refractivity contribution is 5.99. The first-order chi connectivity index (χ1) is 10.1. The maximum atomic E-state index is 12.4. The molecule has 1 N–H and O–H groups in total. The summed E-state index contributed by atoms with van der Waals surface area (Å²) in [5.74, 6) is 0.279. The van der Waals surface area contributed by atoms with Crippen molar-refractivity contribution in [2.75, 3.05) is 26.3 Å². The number of aromatic nitrogens is 1. The number of nitrogens with zero attached hydrogens (tertiary/aromatic N) is 1. The normalized spacial score (nSPS) is 20.9. The van der Waals surface area contributed by atoms with E-state index in [2.05, 4.69) is 4.98 Å². The highest BCUT2D eigenvalue weighted by atomic mass is 16.7. The lowest BCUT2D eigenvalue weighted by Crippen LogP contribution is -2.41. The smallest absolute Gasteiger partial charge is 0.270 e. The Hall–Kier alpha value is -1.66. The molecule has 2 aliphatic rings. The molecule has 1 aromatic rings. The molecule has 0 bridgehead atoms. The van der Waals surface area contributed by atoms with Crippen molar-refractivity contribution in [3.05, 3.63) is 23.5 Å². The number of amides is 1. The lowest BCUT2D eigenvalue weighted by Gasteiger charge is -2.33. The van der Waals surface area contributed by atoms with Gasteiger partial charge in [-0.2, -0.15) is 0 Å². The summed E-state index contributed by atoms with van der Waals surface area (Å²) in [6.45, 7) is 4.22. The zero-order chi connectivity index (χ0) is 14.8. The Bertz CT molecular complexity index is 526. The minimum atomic E-state index is -0.0999. The number of H-pyrrole nitrogens is 1. The van der Waals surface area contributed by atoms with E-state index >= 15 is 0 Å². The summed E-state index contributed by atoms with van der Waals surface area (Å²) in [6.07, 6.45) is 3.26. The molecule has 0 atom stereocenters. The van der Waals surface area contributed by atoms with Crippen LogP contribution in [0.5, 0.6) is 0 Å². The molecular weight excluding hydrogens is 272 g/mol. The first-order valence-electron chi connectivity index (χ1n) is 7.37. The number of Topliss-reactive ketones (excluding diaryl/α,β-unsaturated/α-hetero) is 1. The zero-order valence-corrected chi connectivity index (χ0v) is 12.1. The summed E-state index contributed by atoms with van der Waals surface area (Å²) >= 11 is 0. The van der Waals surface area contributed by atoms with Crippen molar-refractivity contribution < 1.29 is 19.1 Å². The average Bonchev–Trinajstić information content (AvgIpc) is 3.18. The number of carbonyl (C=O) groups is 2. The van der Waals surface area contributed by atoms with Crippen molar-refractivity contribution in [1.82, 2.24) is 9.88 Å². The van der Waals surface area contributed by atoms with Gasteiger partial charge in [-0.05, 0) is 25.8 Å². The van der Waals surface area contributed by atoms with Gasteiger partial charge in [0, 0.05) is 30.8 Å². The molecule has 6 heteroatoms. The lowest BCUT2D eigenvalue weighted by molar-refractivity contribution is -0.0956. The molecule has 2 fully saturated rings. The minimum absolute atomic E-state index is 0.0421. The predicted octanol–water partition coefficient (Wildman–Crippen LogP) is 1.44. The molecule has 0 radical (unpaired) electrons. The van der Waals surface area contributed by atoms with E-state index < -0.39 is 0 Å². The van der Waals surface area contributed by atoms with Crippen LogP contribution in [0.2, 0.25) is 0 Å². The Balaban J connectivity index is 1.58. The van der Waals surface area contributed by atoms with Crippen molar-refractivity contribution in [3.63, 3.8) is 0 Å². The number of likely N-dealkylation sites (tertiary alicyclic amines) is 1.